The Morgan fingerprint density at radius 1 is 1.00 bits per heavy atom. The van der Waals surface area contributed by atoms with Gasteiger partial charge in [0, 0.05) is 11.8 Å². The minimum Gasteiger partial charge on any atom is -0.369 e. The minimum absolute atomic E-state index is 0.0573. The van der Waals surface area contributed by atoms with Crippen molar-refractivity contribution in [1.82, 2.24) is 0 Å². The molecule has 0 aliphatic carbocycles. The minimum atomic E-state index is -0.204. The van der Waals surface area contributed by atoms with Gasteiger partial charge in [-0.25, -0.2) is 0 Å². The molecule has 0 aromatic heterocycles. The number of carbonyl (C=O) groups excluding carboxylic acids is 2. The molecule has 2 N–H and O–H groups in total. The molecule has 0 aliphatic heterocycles. The summed E-state index contributed by atoms with van der Waals surface area (Å²) in [6, 6.07) is 0. The maximum atomic E-state index is 11.7. The van der Waals surface area contributed by atoms with Crippen molar-refractivity contribution in [2.75, 3.05) is 0 Å². The number of Topliss-reactive ketones (excluding diaryl/α,β-unsaturated/α-hetero) is 1. The average Bonchev–Trinajstić information content (AvgIpc) is 2.49. The van der Waals surface area contributed by atoms with Gasteiger partial charge in [0.2, 0.25) is 5.91 Å². The van der Waals surface area contributed by atoms with Crippen LogP contribution >= 0.6 is 0 Å². The smallest absolute Gasteiger partial charge is 0.221 e. The molecule has 0 spiro atoms. The molecule has 23 heavy (non-hydrogen) atoms. The van der Waals surface area contributed by atoms with E-state index in [0.717, 1.165) is 44.9 Å². The Bertz CT molecular complexity index is 376. The molecule has 0 heterocycles. The number of hydrogen-bond acceptors (Lipinski definition) is 2. The SMILES string of the molecule is CCC(C(N)=O)C(C)/C=C\CCCCC[C@@H](C(C)=O)C(C)CC. The van der Waals surface area contributed by atoms with Gasteiger partial charge in [0.25, 0.3) is 0 Å². The first-order valence-electron chi connectivity index (χ1n) is 9.31. The highest BCUT2D eigenvalue weighted by Crippen LogP contribution is 2.23. The molecule has 0 rings (SSSR count). The van der Waals surface area contributed by atoms with Crippen LogP contribution in [0.4, 0.5) is 0 Å². The number of rotatable bonds is 13. The summed E-state index contributed by atoms with van der Waals surface area (Å²) in [5, 5.41) is 0. The summed E-state index contributed by atoms with van der Waals surface area (Å²) in [4.78, 5) is 23.0. The molecule has 0 fully saturated rings. The van der Waals surface area contributed by atoms with Crippen molar-refractivity contribution in [2.24, 2.45) is 29.4 Å². The molecule has 134 valence electrons. The van der Waals surface area contributed by atoms with E-state index in [9.17, 15) is 9.59 Å². The fourth-order valence-corrected chi connectivity index (χ4v) is 3.25. The van der Waals surface area contributed by atoms with E-state index >= 15 is 0 Å². The first-order chi connectivity index (χ1) is 10.8. The molecule has 4 atom stereocenters. The van der Waals surface area contributed by atoms with Crippen LogP contribution in [0.1, 0.15) is 79.6 Å². The fraction of sp³-hybridized carbons (Fsp3) is 0.800. The molecule has 0 radical (unpaired) electrons. The Kier molecular flexibility index (Phi) is 11.7. The Morgan fingerprint density at radius 2 is 1.65 bits per heavy atom. The molecule has 3 heteroatoms. The van der Waals surface area contributed by atoms with Crippen molar-refractivity contribution in [3.05, 3.63) is 12.2 Å². The van der Waals surface area contributed by atoms with Crippen LogP contribution in [0, 0.1) is 23.7 Å². The standard InChI is InChI=1S/C20H37NO2/c1-6-15(3)19(17(5)22)14-12-10-8-9-11-13-16(4)18(7-2)20(21)23/h11,13,15-16,18-19H,6-10,12,14H2,1-5H3,(H2,21,23)/b13-11-/t15?,16?,18?,19-/m1/s1. The van der Waals surface area contributed by atoms with E-state index in [1.54, 1.807) is 6.92 Å². The molecule has 0 bridgehead atoms. The van der Waals surface area contributed by atoms with Crippen molar-refractivity contribution in [2.45, 2.75) is 79.6 Å². The van der Waals surface area contributed by atoms with E-state index in [1.165, 1.54) is 0 Å². The van der Waals surface area contributed by atoms with Crippen LogP contribution in [-0.4, -0.2) is 11.7 Å². The lowest BCUT2D eigenvalue weighted by Crippen LogP contribution is -2.27. The van der Waals surface area contributed by atoms with E-state index in [2.05, 4.69) is 32.9 Å². The highest BCUT2D eigenvalue weighted by molar-refractivity contribution is 5.78. The van der Waals surface area contributed by atoms with Crippen LogP contribution in [0.2, 0.25) is 0 Å². The van der Waals surface area contributed by atoms with Crippen molar-refractivity contribution < 1.29 is 9.59 Å². The second-order valence-electron chi connectivity index (χ2n) is 6.95. The Hall–Kier alpha value is -1.12. The number of carbonyl (C=O) groups is 2. The lowest BCUT2D eigenvalue weighted by Gasteiger charge is -2.19. The largest absolute Gasteiger partial charge is 0.369 e. The van der Waals surface area contributed by atoms with Crippen LogP contribution in [0.5, 0.6) is 0 Å². The highest BCUT2D eigenvalue weighted by Gasteiger charge is 2.20. The predicted molar refractivity (Wildman–Crippen MR) is 98.0 cm³/mol. The summed E-state index contributed by atoms with van der Waals surface area (Å²) in [6.45, 7) is 10.1. The Labute approximate surface area is 143 Å². The first kappa shape index (κ1) is 21.9. The van der Waals surface area contributed by atoms with Gasteiger partial charge < -0.3 is 5.73 Å². The van der Waals surface area contributed by atoms with Crippen LogP contribution in [0.25, 0.3) is 0 Å². The van der Waals surface area contributed by atoms with Gasteiger partial charge in [0.15, 0.2) is 0 Å². The van der Waals surface area contributed by atoms with Crippen LogP contribution in [0.15, 0.2) is 12.2 Å². The van der Waals surface area contributed by atoms with Crippen molar-refractivity contribution in [3.63, 3.8) is 0 Å². The van der Waals surface area contributed by atoms with Crippen LogP contribution < -0.4 is 5.73 Å². The van der Waals surface area contributed by atoms with Crippen LogP contribution in [-0.2, 0) is 9.59 Å². The fourth-order valence-electron chi connectivity index (χ4n) is 3.25. The number of ketones is 1. The van der Waals surface area contributed by atoms with Crippen molar-refractivity contribution in [3.8, 4) is 0 Å². The van der Waals surface area contributed by atoms with Crippen molar-refractivity contribution >= 4 is 11.7 Å². The molecule has 0 saturated carbocycles. The first-order valence-corrected chi connectivity index (χ1v) is 9.31. The predicted octanol–water partition coefficient (Wildman–Crippen LogP) is 4.89. The molecule has 0 saturated heterocycles. The van der Waals surface area contributed by atoms with Crippen LogP contribution in [0.3, 0.4) is 0 Å². The van der Waals surface area contributed by atoms with Gasteiger partial charge in [-0.05, 0) is 44.4 Å². The molecular weight excluding hydrogens is 286 g/mol. The molecule has 0 aliphatic rings. The third kappa shape index (κ3) is 8.92. The zero-order valence-corrected chi connectivity index (χ0v) is 15.8. The van der Waals surface area contributed by atoms with E-state index in [0.29, 0.717) is 11.7 Å². The molecule has 3 unspecified atom stereocenters. The molecule has 0 aromatic carbocycles. The second-order valence-corrected chi connectivity index (χ2v) is 6.95. The number of primary amides is 1. The summed E-state index contributed by atoms with van der Waals surface area (Å²) in [5.41, 5.74) is 5.41. The van der Waals surface area contributed by atoms with Gasteiger partial charge in [0.1, 0.15) is 5.78 Å². The quantitative estimate of drug-likeness (QED) is 0.387. The number of allylic oxidation sites excluding steroid dienone is 2. The summed E-state index contributed by atoms with van der Waals surface area (Å²) in [5.74, 6) is 1.02. The van der Waals surface area contributed by atoms with Crippen molar-refractivity contribution in [1.29, 1.82) is 0 Å². The van der Waals surface area contributed by atoms with E-state index in [1.807, 2.05) is 6.92 Å². The molecule has 1 amide bonds. The third-order valence-corrected chi connectivity index (χ3v) is 5.12. The third-order valence-electron chi connectivity index (χ3n) is 5.12. The maximum Gasteiger partial charge on any atom is 0.221 e. The van der Waals surface area contributed by atoms with Gasteiger partial charge in [-0.15, -0.1) is 0 Å². The molecule has 3 nitrogen and oxygen atoms in total. The zero-order valence-electron chi connectivity index (χ0n) is 15.8. The van der Waals surface area contributed by atoms with E-state index in [4.69, 9.17) is 5.73 Å². The van der Waals surface area contributed by atoms with Gasteiger partial charge in [-0.3, -0.25) is 9.59 Å². The monoisotopic (exact) mass is 323 g/mol. The Morgan fingerprint density at radius 3 is 2.13 bits per heavy atom. The summed E-state index contributed by atoms with van der Waals surface area (Å²) in [7, 11) is 0. The average molecular weight is 324 g/mol. The van der Waals surface area contributed by atoms with Gasteiger partial charge in [0.05, 0.1) is 0 Å². The topological polar surface area (TPSA) is 60.2 Å². The summed E-state index contributed by atoms with van der Waals surface area (Å²) in [6.07, 6.45) is 11.6. The second kappa shape index (κ2) is 12.3. The lowest BCUT2D eigenvalue weighted by molar-refractivity contribution is -0.123. The number of amides is 1. The van der Waals surface area contributed by atoms with E-state index < -0.39 is 0 Å². The summed E-state index contributed by atoms with van der Waals surface area (Å²) < 4.78 is 0. The molecular formula is C20H37NO2. The Balaban J connectivity index is 3.98. The van der Waals surface area contributed by atoms with Gasteiger partial charge in [-0.2, -0.15) is 0 Å². The number of unbranched alkanes of at least 4 members (excludes halogenated alkanes) is 3. The van der Waals surface area contributed by atoms with Gasteiger partial charge >= 0.3 is 0 Å². The normalized spacial score (nSPS) is 16.9. The number of hydrogen-bond donors (Lipinski definition) is 1. The molecule has 0 aromatic rings. The lowest BCUT2D eigenvalue weighted by atomic mass is 9.84. The van der Waals surface area contributed by atoms with Gasteiger partial charge in [-0.1, -0.05) is 59.1 Å². The maximum absolute atomic E-state index is 11.7. The zero-order chi connectivity index (χ0) is 17.8. The number of nitrogens with two attached hydrogens (primary N) is 1. The van der Waals surface area contributed by atoms with E-state index in [-0.39, 0.29) is 23.7 Å². The summed E-state index contributed by atoms with van der Waals surface area (Å²) >= 11 is 0. The highest BCUT2D eigenvalue weighted by atomic mass is 16.1.